The first-order valence-electron chi connectivity index (χ1n) is 9.27. The molecule has 3 aromatic rings. The van der Waals surface area contributed by atoms with Gasteiger partial charge in [0.1, 0.15) is 11.6 Å². The van der Waals surface area contributed by atoms with Crippen LogP contribution in [0.3, 0.4) is 0 Å². The lowest BCUT2D eigenvalue weighted by Gasteiger charge is -2.25. The summed E-state index contributed by atoms with van der Waals surface area (Å²) in [5.41, 5.74) is 0.310. The Bertz CT molecular complexity index is 1250. The average Bonchev–Trinajstić information content (AvgIpc) is 2.79. The summed E-state index contributed by atoms with van der Waals surface area (Å²) in [5, 5.41) is 3.07. The van der Waals surface area contributed by atoms with Crippen molar-refractivity contribution in [1.29, 1.82) is 0 Å². The fraction of sp³-hybridized carbons (Fsp3) is 0.0909. The molecule has 0 aliphatic rings. The standard InChI is InChI=1S/C22H19Cl2N3O4S/c1-3-12-27(19-6-4-5-7-20(19)31-2)32(29,30)16-9-10-18(24)17(13-16)22(28)26-21-11-8-15(23)14-25-21/h3-11,13-14H,1,12H2,2H3,(H,25,26,28). The van der Waals surface area contributed by atoms with Crippen molar-refractivity contribution in [3.8, 4) is 5.75 Å². The van der Waals surface area contributed by atoms with Crippen LogP contribution in [0.25, 0.3) is 0 Å². The largest absolute Gasteiger partial charge is 0.495 e. The first kappa shape index (κ1) is 23.6. The molecular weight excluding hydrogens is 473 g/mol. The van der Waals surface area contributed by atoms with E-state index in [-0.39, 0.29) is 27.8 Å². The Kier molecular flexibility index (Phi) is 7.40. The third kappa shape index (κ3) is 5.04. The van der Waals surface area contributed by atoms with Gasteiger partial charge in [-0.2, -0.15) is 0 Å². The number of nitrogens with one attached hydrogen (secondary N) is 1. The number of carbonyl (C=O) groups is 1. The van der Waals surface area contributed by atoms with E-state index < -0.39 is 15.9 Å². The van der Waals surface area contributed by atoms with Gasteiger partial charge < -0.3 is 10.1 Å². The van der Waals surface area contributed by atoms with Gasteiger partial charge in [-0.05, 0) is 42.5 Å². The second-order valence-corrected chi connectivity index (χ2v) is 9.16. The van der Waals surface area contributed by atoms with Crippen LogP contribution in [0.1, 0.15) is 10.4 Å². The fourth-order valence-corrected chi connectivity index (χ4v) is 4.67. The highest BCUT2D eigenvalue weighted by Crippen LogP contribution is 2.33. The number of nitrogens with zero attached hydrogens (tertiary/aromatic N) is 2. The minimum Gasteiger partial charge on any atom is -0.495 e. The first-order chi connectivity index (χ1) is 15.3. The molecule has 1 N–H and O–H groups in total. The molecule has 0 fully saturated rings. The zero-order chi connectivity index (χ0) is 23.3. The van der Waals surface area contributed by atoms with E-state index in [1.807, 2.05) is 0 Å². The van der Waals surface area contributed by atoms with Crippen LogP contribution in [0.4, 0.5) is 11.5 Å². The fourth-order valence-electron chi connectivity index (χ4n) is 2.88. The second-order valence-electron chi connectivity index (χ2n) is 6.45. The number of aromatic nitrogens is 1. The Balaban J connectivity index is 2.01. The molecule has 1 amide bonds. The summed E-state index contributed by atoms with van der Waals surface area (Å²) in [6.45, 7) is 3.64. The molecule has 0 aliphatic carbocycles. The number of benzene rings is 2. The number of amides is 1. The Morgan fingerprint density at radius 1 is 1.19 bits per heavy atom. The smallest absolute Gasteiger partial charge is 0.264 e. The minimum atomic E-state index is -4.09. The van der Waals surface area contributed by atoms with Crippen LogP contribution < -0.4 is 14.4 Å². The Hall–Kier alpha value is -3.07. The van der Waals surface area contributed by atoms with Crippen LogP contribution >= 0.6 is 23.2 Å². The number of methoxy groups -OCH3 is 1. The lowest BCUT2D eigenvalue weighted by molar-refractivity contribution is 0.102. The molecule has 1 heterocycles. The lowest BCUT2D eigenvalue weighted by Crippen LogP contribution is -2.31. The second kappa shape index (κ2) is 10.0. The summed E-state index contributed by atoms with van der Waals surface area (Å²) in [6.07, 6.45) is 2.83. The van der Waals surface area contributed by atoms with Crippen molar-refractivity contribution in [3.63, 3.8) is 0 Å². The molecule has 0 bridgehead atoms. The highest BCUT2D eigenvalue weighted by Gasteiger charge is 2.28. The predicted octanol–water partition coefficient (Wildman–Crippen LogP) is 5.03. The quantitative estimate of drug-likeness (QED) is 0.446. The molecule has 2 aromatic carbocycles. The van der Waals surface area contributed by atoms with Crippen LogP contribution in [0, 0.1) is 0 Å². The van der Waals surface area contributed by atoms with Gasteiger partial charge in [0.05, 0.1) is 39.8 Å². The third-order valence-electron chi connectivity index (χ3n) is 4.39. The van der Waals surface area contributed by atoms with Crippen molar-refractivity contribution in [1.82, 2.24) is 4.98 Å². The number of ether oxygens (including phenoxy) is 1. The monoisotopic (exact) mass is 491 g/mol. The molecule has 0 saturated heterocycles. The van der Waals surface area contributed by atoms with E-state index in [4.69, 9.17) is 27.9 Å². The van der Waals surface area contributed by atoms with Gasteiger partial charge in [-0.25, -0.2) is 13.4 Å². The average molecular weight is 492 g/mol. The van der Waals surface area contributed by atoms with E-state index in [2.05, 4.69) is 16.9 Å². The van der Waals surface area contributed by atoms with Crippen LogP contribution in [0.15, 0.2) is 78.3 Å². The predicted molar refractivity (Wildman–Crippen MR) is 126 cm³/mol. The summed E-state index contributed by atoms with van der Waals surface area (Å²) in [6, 6.07) is 13.7. The van der Waals surface area contributed by atoms with Crippen LogP contribution in [-0.4, -0.2) is 33.0 Å². The molecule has 0 unspecified atom stereocenters. The van der Waals surface area contributed by atoms with Crippen molar-refractivity contribution < 1.29 is 17.9 Å². The van der Waals surface area contributed by atoms with Crippen LogP contribution in [-0.2, 0) is 10.0 Å². The molecule has 0 spiro atoms. The number of carbonyl (C=O) groups excluding carboxylic acids is 1. The summed E-state index contributed by atoms with van der Waals surface area (Å²) in [7, 11) is -2.64. The van der Waals surface area contributed by atoms with E-state index in [1.165, 1.54) is 43.6 Å². The van der Waals surface area contributed by atoms with Gasteiger partial charge in [-0.3, -0.25) is 9.10 Å². The van der Waals surface area contributed by atoms with Crippen molar-refractivity contribution in [2.75, 3.05) is 23.3 Å². The number of rotatable bonds is 8. The molecule has 1 aromatic heterocycles. The highest BCUT2D eigenvalue weighted by atomic mass is 35.5. The number of sulfonamides is 1. The molecule has 10 heteroatoms. The summed E-state index contributed by atoms with van der Waals surface area (Å²) in [5.74, 6) is -0.000801. The van der Waals surface area contributed by atoms with Crippen molar-refractivity contribution >= 4 is 50.6 Å². The number of anilines is 2. The lowest BCUT2D eigenvalue weighted by atomic mass is 10.2. The molecule has 32 heavy (non-hydrogen) atoms. The Labute approximate surface area is 196 Å². The van der Waals surface area contributed by atoms with Crippen molar-refractivity contribution in [2.24, 2.45) is 0 Å². The Morgan fingerprint density at radius 2 is 1.94 bits per heavy atom. The molecule has 3 rings (SSSR count). The van der Waals surface area contributed by atoms with Gasteiger partial charge in [-0.15, -0.1) is 6.58 Å². The van der Waals surface area contributed by atoms with E-state index in [9.17, 15) is 13.2 Å². The number of pyridine rings is 1. The van der Waals surface area contributed by atoms with E-state index in [0.717, 1.165) is 4.31 Å². The summed E-state index contributed by atoms with van der Waals surface area (Å²) < 4.78 is 33.4. The molecular formula is C22H19Cl2N3O4S. The van der Waals surface area contributed by atoms with E-state index >= 15 is 0 Å². The van der Waals surface area contributed by atoms with Gasteiger partial charge in [0, 0.05) is 6.20 Å². The highest BCUT2D eigenvalue weighted by molar-refractivity contribution is 7.92. The first-order valence-corrected chi connectivity index (χ1v) is 11.5. The third-order valence-corrected chi connectivity index (χ3v) is 6.72. The molecule has 166 valence electrons. The maximum absolute atomic E-state index is 13.5. The van der Waals surface area contributed by atoms with E-state index in [1.54, 1.807) is 30.3 Å². The maximum Gasteiger partial charge on any atom is 0.264 e. The zero-order valence-electron chi connectivity index (χ0n) is 17.0. The van der Waals surface area contributed by atoms with Crippen molar-refractivity contribution in [2.45, 2.75) is 4.90 Å². The Morgan fingerprint density at radius 3 is 2.59 bits per heavy atom. The minimum absolute atomic E-state index is 0.0123. The molecule has 0 aliphatic heterocycles. The SMILES string of the molecule is C=CCN(c1ccccc1OC)S(=O)(=O)c1ccc(Cl)c(C(=O)Nc2ccc(Cl)cn2)c1. The van der Waals surface area contributed by atoms with Gasteiger partial charge in [0.15, 0.2) is 0 Å². The van der Waals surface area contributed by atoms with Gasteiger partial charge >= 0.3 is 0 Å². The molecule has 7 nitrogen and oxygen atoms in total. The normalized spacial score (nSPS) is 11.0. The number of halogens is 2. The molecule has 0 radical (unpaired) electrons. The number of para-hydroxylation sites is 2. The van der Waals surface area contributed by atoms with Gasteiger partial charge in [0.25, 0.3) is 15.9 Å². The zero-order valence-corrected chi connectivity index (χ0v) is 19.3. The van der Waals surface area contributed by atoms with Crippen LogP contribution in [0.2, 0.25) is 10.0 Å². The maximum atomic E-state index is 13.5. The molecule has 0 atom stereocenters. The molecule has 0 saturated carbocycles. The topological polar surface area (TPSA) is 88.6 Å². The van der Waals surface area contributed by atoms with Gasteiger partial charge in [-0.1, -0.05) is 41.4 Å². The van der Waals surface area contributed by atoms with Gasteiger partial charge in [0.2, 0.25) is 0 Å². The number of hydrogen-bond acceptors (Lipinski definition) is 5. The van der Waals surface area contributed by atoms with E-state index in [0.29, 0.717) is 16.5 Å². The van der Waals surface area contributed by atoms with Crippen LogP contribution in [0.5, 0.6) is 5.75 Å². The summed E-state index contributed by atoms with van der Waals surface area (Å²) >= 11 is 12.0. The number of hydrogen-bond donors (Lipinski definition) is 1. The van der Waals surface area contributed by atoms with Crippen molar-refractivity contribution in [3.05, 3.63) is 89.1 Å². The summed E-state index contributed by atoms with van der Waals surface area (Å²) in [4.78, 5) is 16.6.